The van der Waals surface area contributed by atoms with E-state index in [2.05, 4.69) is 28.9 Å². The first kappa shape index (κ1) is 15.1. The third-order valence-electron chi connectivity index (χ3n) is 4.28. The van der Waals surface area contributed by atoms with E-state index in [4.69, 9.17) is 0 Å². The van der Waals surface area contributed by atoms with Crippen molar-refractivity contribution in [3.05, 3.63) is 36.0 Å². The molecule has 6 heteroatoms. The predicted molar refractivity (Wildman–Crippen MR) is 81.1 cm³/mol. The van der Waals surface area contributed by atoms with Gasteiger partial charge in [-0.3, -0.25) is 4.98 Å². The van der Waals surface area contributed by atoms with Crippen LogP contribution in [0.25, 0.3) is 10.9 Å². The van der Waals surface area contributed by atoms with Gasteiger partial charge in [-0.2, -0.15) is 13.2 Å². The molecule has 2 heterocycles. The monoisotopic (exact) mass is 309 g/mol. The molecule has 2 aromatic rings. The molecule has 0 N–H and O–H groups in total. The molecule has 1 fully saturated rings. The molecule has 1 aliphatic heterocycles. The molecule has 118 valence electrons. The van der Waals surface area contributed by atoms with E-state index in [1.165, 1.54) is 6.07 Å². The number of halogens is 3. The van der Waals surface area contributed by atoms with Crippen LogP contribution in [0.4, 0.5) is 18.9 Å². The van der Waals surface area contributed by atoms with Crippen molar-refractivity contribution in [3.63, 3.8) is 0 Å². The van der Waals surface area contributed by atoms with Crippen molar-refractivity contribution in [2.24, 2.45) is 0 Å². The lowest BCUT2D eigenvalue weighted by atomic mass is 10.1. The Bertz CT molecular complexity index is 682. The van der Waals surface area contributed by atoms with Crippen molar-refractivity contribution in [3.8, 4) is 0 Å². The molecular weight excluding hydrogens is 291 g/mol. The maximum atomic E-state index is 12.8. The first-order valence-electron chi connectivity index (χ1n) is 7.23. The van der Waals surface area contributed by atoms with E-state index in [0.29, 0.717) is 11.6 Å². The number of anilines is 1. The van der Waals surface area contributed by atoms with E-state index >= 15 is 0 Å². The smallest absolute Gasteiger partial charge is 0.369 e. The summed E-state index contributed by atoms with van der Waals surface area (Å²) in [6, 6.07) is 6.14. The van der Waals surface area contributed by atoms with Gasteiger partial charge in [0.05, 0.1) is 11.1 Å². The van der Waals surface area contributed by atoms with E-state index < -0.39 is 11.7 Å². The van der Waals surface area contributed by atoms with E-state index in [-0.39, 0.29) is 0 Å². The van der Waals surface area contributed by atoms with Crippen molar-refractivity contribution >= 4 is 16.6 Å². The van der Waals surface area contributed by atoms with E-state index in [9.17, 15) is 13.2 Å². The first-order chi connectivity index (χ1) is 10.4. The van der Waals surface area contributed by atoms with Crippen LogP contribution >= 0.6 is 0 Å². The van der Waals surface area contributed by atoms with Crippen LogP contribution in [0.3, 0.4) is 0 Å². The zero-order valence-electron chi connectivity index (χ0n) is 12.6. The highest BCUT2D eigenvalue weighted by Gasteiger charge is 2.31. The Labute approximate surface area is 127 Å². The van der Waals surface area contributed by atoms with Crippen molar-refractivity contribution in [1.29, 1.82) is 0 Å². The highest BCUT2D eigenvalue weighted by atomic mass is 19.4. The minimum atomic E-state index is -4.34. The van der Waals surface area contributed by atoms with Crippen LogP contribution in [0, 0.1) is 0 Å². The van der Waals surface area contributed by atoms with Crippen molar-refractivity contribution in [2.75, 3.05) is 32.1 Å². The molecule has 22 heavy (non-hydrogen) atoms. The van der Waals surface area contributed by atoms with Crippen LogP contribution in [-0.2, 0) is 6.18 Å². The zero-order chi connectivity index (χ0) is 15.9. The van der Waals surface area contributed by atoms with Gasteiger partial charge in [0, 0.05) is 36.4 Å². The molecular formula is C16H18F3N3. The van der Waals surface area contributed by atoms with Gasteiger partial charge in [-0.05, 0) is 38.7 Å². The molecule has 0 saturated carbocycles. The summed E-state index contributed by atoms with van der Waals surface area (Å²) in [5, 5.41) is 0.773. The number of hydrogen-bond donors (Lipinski definition) is 0. The fourth-order valence-corrected chi connectivity index (χ4v) is 2.97. The molecule has 1 saturated heterocycles. The van der Waals surface area contributed by atoms with Crippen LogP contribution < -0.4 is 4.90 Å². The topological polar surface area (TPSA) is 19.4 Å². The molecule has 1 atom stereocenters. The number of hydrogen-bond acceptors (Lipinski definition) is 3. The van der Waals surface area contributed by atoms with E-state index in [1.54, 1.807) is 6.20 Å². The summed E-state index contributed by atoms with van der Waals surface area (Å²) in [5.74, 6) is 0. The van der Waals surface area contributed by atoms with Crippen LogP contribution in [0.2, 0.25) is 0 Å². The summed E-state index contributed by atoms with van der Waals surface area (Å²) in [6.07, 6.45) is -1.70. The van der Waals surface area contributed by atoms with Crippen LogP contribution in [0.15, 0.2) is 30.5 Å². The molecule has 3 rings (SSSR count). The number of nitrogens with zero attached hydrogens (tertiary/aromatic N) is 3. The molecule has 0 radical (unpaired) electrons. The van der Waals surface area contributed by atoms with Gasteiger partial charge in [0.2, 0.25) is 0 Å². The Kier molecular flexibility index (Phi) is 3.72. The van der Waals surface area contributed by atoms with Crippen molar-refractivity contribution in [2.45, 2.75) is 18.6 Å². The molecule has 1 aromatic heterocycles. The Hall–Kier alpha value is -1.82. The van der Waals surface area contributed by atoms with Crippen molar-refractivity contribution in [1.82, 2.24) is 9.88 Å². The molecule has 0 aliphatic carbocycles. The van der Waals surface area contributed by atoms with Gasteiger partial charge in [0.1, 0.15) is 0 Å². The largest absolute Gasteiger partial charge is 0.416 e. The molecule has 0 amide bonds. The summed E-state index contributed by atoms with van der Waals surface area (Å²) < 4.78 is 38.4. The number of benzene rings is 1. The second-order valence-corrected chi connectivity index (χ2v) is 5.91. The first-order valence-corrected chi connectivity index (χ1v) is 7.23. The molecule has 1 aromatic carbocycles. The normalized spacial score (nSPS) is 19.4. The van der Waals surface area contributed by atoms with Gasteiger partial charge in [0.25, 0.3) is 0 Å². The number of rotatable bonds is 2. The standard InChI is InChI=1S/C16H18F3N3/c1-21(2)12-6-8-22(10-12)15-5-7-20-14-9-11(16(17,18)19)3-4-13(14)15/h3-5,7,9,12H,6,8,10H2,1-2H3. The lowest BCUT2D eigenvalue weighted by Crippen LogP contribution is -2.31. The Balaban J connectivity index is 1.98. The second-order valence-electron chi connectivity index (χ2n) is 5.91. The Morgan fingerprint density at radius 2 is 2.00 bits per heavy atom. The average molecular weight is 309 g/mol. The van der Waals surface area contributed by atoms with Crippen LogP contribution in [-0.4, -0.2) is 43.1 Å². The maximum Gasteiger partial charge on any atom is 0.416 e. The number of pyridine rings is 1. The Morgan fingerprint density at radius 1 is 1.23 bits per heavy atom. The van der Waals surface area contributed by atoms with Gasteiger partial charge in [-0.25, -0.2) is 0 Å². The SMILES string of the molecule is CN(C)C1CCN(c2ccnc3cc(C(F)(F)F)ccc23)C1. The quantitative estimate of drug-likeness (QED) is 0.847. The third-order valence-corrected chi connectivity index (χ3v) is 4.28. The number of aromatic nitrogens is 1. The highest BCUT2D eigenvalue weighted by molar-refractivity contribution is 5.92. The Morgan fingerprint density at radius 3 is 2.64 bits per heavy atom. The lowest BCUT2D eigenvalue weighted by molar-refractivity contribution is -0.137. The summed E-state index contributed by atoms with van der Waals surface area (Å²) >= 11 is 0. The highest BCUT2D eigenvalue weighted by Crippen LogP contribution is 2.34. The van der Waals surface area contributed by atoms with E-state index in [0.717, 1.165) is 42.7 Å². The van der Waals surface area contributed by atoms with Crippen molar-refractivity contribution < 1.29 is 13.2 Å². The van der Waals surface area contributed by atoms with Gasteiger partial charge < -0.3 is 9.80 Å². The predicted octanol–water partition coefficient (Wildman–Crippen LogP) is 3.39. The minimum Gasteiger partial charge on any atom is -0.369 e. The molecule has 1 unspecified atom stereocenters. The van der Waals surface area contributed by atoms with Crippen LogP contribution in [0.5, 0.6) is 0 Å². The van der Waals surface area contributed by atoms with Crippen LogP contribution in [0.1, 0.15) is 12.0 Å². The number of likely N-dealkylation sites (N-methyl/N-ethyl adjacent to an activating group) is 1. The summed E-state index contributed by atoms with van der Waals surface area (Å²) in [5.41, 5.74) is 0.695. The van der Waals surface area contributed by atoms with Gasteiger partial charge in [0.15, 0.2) is 0 Å². The molecule has 0 bridgehead atoms. The average Bonchev–Trinajstić information content (AvgIpc) is 2.95. The van der Waals surface area contributed by atoms with E-state index in [1.807, 2.05) is 6.07 Å². The lowest BCUT2D eigenvalue weighted by Gasteiger charge is -2.23. The summed E-state index contributed by atoms with van der Waals surface area (Å²) in [4.78, 5) is 8.51. The van der Waals surface area contributed by atoms with Gasteiger partial charge >= 0.3 is 6.18 Å². The summed E-state index contributed by atoms with van der Waals surface area (Å²) in [6.45, 7) is 1.79. The molecule has 0 spiro atoms. The van der Waals surface area contributed by atoms with Gasteiger partial charge in [-0.15, -0.1) is 0 Å². The molecule has 3 nitrogen and oxygen atoms in total. The maximum absolute atomic E-state index is 12.8. The fraction of sp³-hybridized carbons (Fsp3) is 0.438. The molecule has 1 aliphatic rings. The number of fused-ring (bicyclic) bond motifs is 1. The second kappa shape index (κ2) is 5.43. The third kappa shape index (κ3) is 2.75. The van der Waals surface area contributed by atoms with Gasteiger partial charge in [-0.1, -0.05) is 6.07 Å². The fourth-order valence-electron chi connectivity index (χ4n) is 2.97. The summed E-state index contributed by atoms with van der Waals surface area (Å²) in [7, 11) is 4.10. The minimum absolute atomic E-state index is 0.389. The number of alkyl halides is 3. The zero-order valence-corrected chi connectivity index (χ0v) is 12.6.